The van der Waals surface area contributed by atoms with Crippen molar-refractivity contribution in [3.05, 3.63) is 0 Å². The Balaban J connectivity index is 0.00000220. The minimum absolute atomic E-state index is 0. The molecule has 4 atom stereocenters. The Bertz CT molecular complexity index is 340. The molecule has 4 heteroatoms. The molecule has 2 aliphatic carbocycles. The fraction of sp³-hybridized carbons (Fsp3) is 0.941. The molecular weight excluding hydrogens is 284 g/mol. The number of carbonyl (C=O) groups excluding carboxylic acids is 1. The van der Waals surface area contributed by atoms with Gasteiger partial charge in [0.2, 0.25) is 5.91 Å². The van der Waals surface area contributed by atoms with Gasteiger partial charge in [0, 0.05) is 18.5 Å². The molecule has 0 radical (unpaired) electrons. The van der Waals surface area contributed by atoms with Gasteiger partial charge in [0.1, 0.15) is 0 Å². The van der Waals surface area contributed by atoms with Crippen LogP contribution in [-0.4, -0.2) is 18.0 Å². The maximum atomic E-state index is 12.3. The molecule has 2 aliphatic rings. The van der Waals surface area contributed by atoms with Gasteiger partial charge in [-0.1, -0.05) is 40.0 Å². The second-order valence-corrected chi connectivity index (χ2v) is 7.99. The minimum Gasteiger partial charge on any atom is -0.353 e. The maximum Gasteiger partial charge on any atom is 0.220 e. The van der Waals surface area contributed by atoms with E-state index in [1.54, 1.807) is 0 Å². The number of hydrogen-bond acceptors (Lipinski definition) is 2. The molecule has 3 N–H and O–H groups in total. The van der Waals surface area contributed by atoms with Gasteiger partial charge in [-0.3, -0.25) is 4.79 Å². The fourth-order valence-electron chi connectivity index (χ4n) is 4.16. The van der Waals surface area contributed by atoms with Crippen molar-refractivity contribution in [1.29, 1.82) is 0 Å². The normalized spacial score (nSPS) is 33.3. The summed E-state index contributed by atoms with van der Waals surface area (Å²) < 4.78 is 0. The molecule has 1 amide bonds. The highest BCUT2D eigenvalue weighted by atomic mass is 35.5. The third-order valence-corrected chi connectivity index (χ3v) is 5.39. The van der Waals surface area contributed by atoms with Crippen molar-refractivity contribution >= 4 is 18.3 Å². The molecule has 2 saturated carbocycles. The van der Waals surface area contributed by atoms with Crippen molar-refractivity contribution in [2.24, 2.45) is 23.0 Å². The quantitative estimate of drug-likeness (QED) is 0.835. The molecule has 0 bridgehead atoms. The Morgan fingerprint density at radius 1 is 1.10 bits per heavy atom. The lowest BCUT2D eigenvalue weighted by Gasteiger charge is -2.41. The van der Waals surface area contributed by atoms with Crippen LogP contribution in [0.25, 0.3) is 0 Å². The highest BCUT2D eigenvalue weighted by molar-refractivity contribution is 5.85. The molecule has 0 heterocycles. The molecule has 0 aromatic heterocycles. The van der Waals surface area contributed by atoms with Crippen molar-refractivity contribution in [1.82, 2.24) is 5.32 Å². The molecule has 0 spiro atoms. The van der Waals surface area contributed by atoms with Gasteiger partial charge in [-0.25, -0.2) is 0 Å². The Morgan fingerprint density at radius 2 is 1.76 bits per heavy atom. The first-order valence-electron chi connectivity index (χ1n) is 8.43. The van der Waals surface area contributed by atoms with E-state index in [9.17, 15) is 4.79 Å². The van der Waals surface area contributed by atoms with Crippen LogP contribution in [-0.2, 0) is 4.79 Å². The average molecular weight is 317 g/mol. The molecule has 2 fully saturated rings. The van der Waals surface area contributed by atoms with Crippen molar-refractivity contribution in [3.63, 3.8) is 0 Å². The Hall–Kier alpha value is -0.280. The average Bonchev–Trinajstić information content (AvgIpc) is 2.74. The van der Waals surface area contributed by atoms with Crippen molar-refractivity contribution < 1.29 is 4.79 Å². The van der Waals surface area contributed by atoms with Gasteiger partial charge in [0.25, 0.3) is 0 Å². The second kappa shape index (κ2) is 7.82. The van der Waals surface area contributed by atoms with Crippen LogP contribution >= 0.6 is 12.4 Å². The van der Waals surface area contributed by atoms with E-state index in [1.807, 2.05) is 0 Å². The van der Waals surface area contributed by atoms with Crippen LogP contribution in [0.5, 0.6) is 0 Å². The number of carbonyl (C=O) groups is 1. The zero-order valence-corrected chi connectivity index (χ0v) is 14.7. The third kappa shape index (κ3) is 5.14. The summed E-state index contributed by atoms with van der Waals surface area (Å²) in [4.78, 5) is 12.3. The summed E-state index contributed by atoms with van der Waals surface area (Å²) in [5.74, 6) is 1.25. The molecule has 21 heavy (non-hydrogen) atoms. The second-order valence-electron chi connectivity index (χ2n) is 7.99. The standard InChI is InChI=1S/C17H32N2O.ClH/c1-17(2,3)13-8-4-5-10-15(13)19-16(20)11-12-7-6-9-14(12)18;/h12-15H,4-11,18H2,1-3H3,(H,19,20);1H/t12-,13?,14+,15?;/m0./s1. The van der Waals surface area contributed by atoms with E-state index in [-0.39, 0.29) is 29.8 Å². The van der Waals surface area contributed by atoms with Crippen molar-refractivity contribution in [2.75, 3.05) is 0 Å². The monoisotopic (exact) mass is 316 g/mol. The molecular formula is C17H33ClN2O. The summed E-state index contributed by atoms with van der Waals surface area (Å²) in [5, 5.41) is 3.33. The van der Waals surface area contributed by atoms with E-state index in [1.165, 1.54) is 25.7 Å². The molecule has 2 rings (SSSR count). The summed E-state index contributed by atoms with van der Waals surface area (Å²) >= 11 is 0. The SMILES string of the molecule is CC(C)(C)C1CCCCC1NC(=O)C[C@@H]1CCC[C@H]1N.Cl. The van der Waals surface area contributed by atoms with E-state index >= 15 is 0 Å². The van der Waals surface area contributed by atoms with Gasteiger partial charge in [0.15, 0.2) is 0 Å². The first-order valence-corrected chi connectivity index (χ1v) is 8.43. The van der Waals surface area contributed by atoms with E-state index in [2.05, 4.69) is 26.1 Å². The van der Waals surface area contributed by atoms with Crippen molar-refractivity contribution in [2.45, 2.75) is 84.2 Å². The number of amides is 1. The van der Waals surface area contributed by atoms with Crippen LogP contribution in [0.3, 0.4) is 0 Å². The smallest absolute Gasteiger partial charge is 0.220 e. The number of rotatable bonds is 3. The zero-order chi connectivity index (χ0) is 14.8. The van der Waals surface area contributed by atoms with Crippen LogP contribution in [0.15, 0.2) is 0 Å². The van der Waals surface area contributed by atoms with E-state index < -0.39 is 0 Å². The van der Waals surface area contributed by atoms with Gasteiger partial charge >= 0.3 is 0 Å². The van der Waals surface area contributed by atoms with E-state index in [0.29, 0.717) is 24.3 Å². The minimum atomic E-state index is 0. The number of nitrogens with one attached hydrogen (secondary N) is 1. The maximum absolute atomic E-state index is 12.3. The van der Waals surface area contributed by atoms with Gasteiger partial charge in [-0.05, 0) is 42.9 Å². The first kappa shape index (κ1) is 18.8. The largest absolute Gasteiger partial charge is 0.353 e. The number of hydrogen-bond donors (Lipinski definition) is 2. The summed E-state index contributed by atoms with van der Waals surface area (Å²) in [6.07, 6.45) is 8.99. The molecule has 0 aliphatic heterocycles. The lowest BCUT2D eigenvalue weighted by atomic mass is 9.69. The predicted octanol–water partition coefficient (Wildman–Crippen LogP) is 3.65. The van der Waals surface area contributed by atoms with E-state index in [4.69, 9.17) is 5.73 Å². The van der Waals surface area contributed by atoms with Crippen LogP contribution in [0.1, 0.15) is 72.1 Å². The zero-order valence-electron chi connectivity index (χ0n) is 13.9. The Labute approximate surface area is 136 Å². The van der Waals surface area contributed by atoms with Crippen LogP contribution in [0, 0.1) is 17.3 Å². The van der Waals surface area contributed by atoms with Crippen molar-refractivity contribution in [3.8, 4) is 0 Å². The summed E-state index contributed by atoms with van der Waals surface area (Å²) in [5.41, 5.74) is 6.36. The van der Waals surface area contributed by atoms with Crippen LogP contribution < -0.4 is 11.1 Å². The molecule has 0 saturated heterocycles. The van der Waals surface area contributed by atoms with Crippen LogP contribution in [0.4, 0.5) is 0 Å². The molecule has 124 valence electrons. The van der Waals surface area contributed by atoms with E-state index in [0.717, 1.165) is 19.3 Å². The first-order chi connectivity index (χ1) is 9.38. The molecule has 2 unspecified atom stereocenters. The third-order valence-electron chi connectivity index (χ3n) is 5.39. The van der Waals surface area contributed by atoms with Gasteiger partial charge < -0.3 is 11.1 Å². The topological polar surface area (TPSA) is 55.1 Å². The van der Waals surface area contributed by atoms with Gasteiger partial charge in [0.05, 0.1) is 0 Å². The summed E-state index contributed by atoms with van der Waals surface area (Å²) in [6.45, 7) is 6.90. The highest BCUT2D eigenvalue weighted by Gasteiger charge is 2.35. The van der Waals surface area contributed by atoms with Gasteiger partial charge in [-0.15, -0.1) is 12.4 Å². The van der Waals surface area contributed by atoms with Gasteiger partial charge in [-0.2, -0.15) is 0 Å². The molecule has 3 nitrogen and oxygen atoms in total. The Morgan fingerprint density at radius 3 is 2.33 bits per heavy atom. The molecule has 0 aromatic rings. The predicted molar refractivity (Wildman–Crippen MR) is 90.5 cm³/mol. The molecule has 0 aromatic carbocycles. The lowest BCUT2D eigenvalue weighted by Crippen LogP contribution is -2.47. The van der Waals surface area contributed by atoms with Crippen LogP contribution in [0.2, 0.25) is 0 Å². The summed E-state index contributed by atoms with van der Waals surface area (Å²) in [6, 6.07) is 0.611. The fourth-order valence-corrected chi connectivity index (χ4v) is 4.16. The highest BCUT2D eigenvalue weighted by Crippen LogP contribution is 2.38. The number of halogens is 1. The lowest BCUT2D eigenvalue weighted by molar-refractivity contribution is -0.123. The number of nitrogens with two attached hydrogens (primary N) is 1. The summed E-state index contributed by atoms with van der Waals surface area (Å²) in [7, 11) is 0. The Kier molecular flexibility index (Phi) is 6.99.